The Kier molecular flexibility index (Phi) is 3.69. The maximum atomic E-state index is 11.7. The first-order valence-electron chi connectivity index (χ1n) is 6.27. The number of aryl methyl sites for hydroxylation is 1. The number of hydrogen-bond donors (Lipinski definition) is 1. The molecule has 100 valence electrons. The molecule has 0 aliphatic carbocycles. The summed E-state index contributed by atoms with van der Waals surface area (Å²) in [6, 6.07) is 7.27. The van der Waals surface area contributed by atoms with Crippen molar-refractivity contribution in [2.45, 2.75) is 26.7 Å². The molecule has 4 heteroatoms. The number of H-pyrrole nitrogens is 1. The Balaban J connectivity index is 2.55. The summed E-state index contributed by atoms with van der Waals surface area (Å²) in [6.45, 7) is 5.99. The van der Waals surface area contributed by atoms with E-state index in [1.165, 1.54) is 6.07 Å². The molecule has 0 saturated carbocycles. The zero-order valence-corrected chi connectivity index (χ0v) is 11.7. The summed E-state index contributed by atoms with van der Waals surface area (Å²) in [7, 11) is 1.64. The van der Waals surface area contributed by atoms with Gasteiger partial charge in [-0.25, -0.2) is 4.98 Å². The normalized spacial score (nSPS) is 10.8. The van der Waals surface area contributed by atoms with Crippen molar-refractivity contribution in [3.8, 4) is 17.0 Å². The van der Waals surface area contributed by atoms with E-state index >= 15 is 0 Å². The van der Waals surface area contributed by atoms with Crippen LogP contribution in [0.5, 0.6) is 5.75 Å². The lowest BCUT2D eigenvalue weighted by Crippen LogP contribution is -2.12. The van der Waals surface area contributed by atoms with Crippen molar-refractivity contribution >= 4 is 0 Å². The molecule has 0 spiro atoms. The smallest absolute Gasteiger partial charge is 0.251 e. The van der Waals surface area contributed by atoms with E-state index in [0.717, 1.165) is 16.9 Å². The Labute approximate surface area is 112 Å². The average molecular weight is 258 g/mol. The van der Waals surface area contributed by atoms with Gasteiger partial charge in [0.1, 0.15) is 11.6 Å². The maximum absolute atomic E-state index is 11.7. The standard InChI is InChI=1S/C15H18N2O2/c1-9(2)15-16-13(8-14(18)17-15)12-6-5-11(19-4)7-10(12)3/h5-9H,1-4H3,(H,16,17,18). The lowest BCUT2D eigenvalue weighted by molar-refractivity contribution is 0.414. The van der Waals surface area contributed by atoms with Crippen LogP contribution in [0, 0.1) is 6.92 Å². The molecule has 0 unspecified atom stereocenters. The summed E-state index contributed by atoms with van der Waals surface area (Å²) < 4.78 is 5.18. The summed E-state index contributed by atoms with van der Waals surface area (Å²) in [5, 5.41) is 0. The lowest BCUT2D eigenvalue weighted by atomic mass is 10.0. The van der Waals surface area contributed by atoms with E-state index in [4.69, 9.17) is 4.74 Å². The van der Waals surface area contributed by atoms with Crippen LogP contribution in [-0.4, -0.2) is 17.1 Å². The molecule has 19 heavy (non-hydrogen) atoms. The first-order valence-corrected chi connectivity index (χ1v) is 6.27. The van der Waals surface area contributed by atoms with Gasteiger partial charge in [0.15, 0.2) is 0 Å². The molecule has 1 N–H and O–H groups in total. The molecule has 0 atom stereocenters. The molecule has 0 bridgehead atoms. The van der Waals surface area contributed by atoms with Gasteiger partial charge in [-0.3, -0.25) is 4.79 Å². The molecule has 0 fully saturated rings. The quantitative estimate of drug-likeness (QED) is 0.921. The van der Waals surface area contributed by atoms with Crippen LogP contribution < -0.4 is 10.3 Å². The first-order chi connectivity index (χ1) is 9.01. The van der Waals surface area contributed by atoms with E-state index in [2.05, 4.69) is 9.97 Å². The monoisotopic (exact) mass is 258 g/mol. The highest BCUT2D eigenvalue weighted by molar-refractivity contribution is 5.64. The minimum absolute atomic E-state index is 0.121. The highest BCUT2D eigenvalue weighted by Gasteiger charge is 2.09. The lowest BCUT2D eigenvalue weighted by Gasteiger charge is -2.10. The van der Waals surface area contributed by atoms with Crippen molar-refractivity contribution in [3.63, 3.8) is 0 Å². The minimum atomic E-state index is -0.121. The van der Waals surface area contributed by atoms with Gasteiger partial charge in [-0.1, -0.05) is 13.8 Å². The van der Waals surface area contributed by atoms with E-state index < -0.39 is 0 Å². The van der Waals surface area contributed by atoms with Gasteiger partial charge in [0.05, 0.1) is 12.8 Å². The van der Waals surface area contributed by atoms with Gasteiger partial charge in [0.25, 0.3) is 5.56 Å². The molecular weight excluding hydrogens is 240 g/mol. The average Bonchev–Trinajstić information content (AvgIpc) is 2.37. The van der Waals surface area contributed by atoms with Crippen LogP contribution in [0.25, 0.3) is 11.3 Å². The van der Waals surface area contributed by atoms with E-state index in [1.54, 1.807) is 7.11 Å². The summed E-state index contributed by atoms with van der Waals surface area (Å²) in [4.78, 5) is 19.0. The van der Waals surface area contributed by atoms with Gasteiger partial charge in [0, 0.05) is 17.5 Å². The zero-order chi connectivity index (χ0) is 14.0. The molecule has 1 aromatic carbocycles. The Morgan fingerprint density at radius 3 is 2.58 bits per heavy atom. The molecule has 1 aromatic heterocycles. The molecule has 4 nitrogen and oxygen atoms in total. The molecule has 0 radical (unpaired) electrons. The third-order valence-electron chi connectivity index (χ3n) is 3.02. The molecular formula is C15H18N2O2. The van der Waals surface area contributed by atoms with Gasteiger partial charge < -0.3 is 9.72 Å². The number of aromatic amines is 1. The van der Waals surface area contributed by atoms with Crippen LogP contribution >= 0.6 is 0 Å². The SMILES string of the molecule is COc1ccc(-c2cc(=O)[nH]c(C(C)C)n2)c(C)c1. The summed E-state index contributed by atoms with van der Waals surface area (Å²) in [5.74, 6) is 1.69. The molecule has 2 rings (SSSR count). The number of methoxy groups -OCH3 is 1. The van der Waals surface area contributed by atoms with Gasteiger partial charge in [-0.2, -0.15) is 0 Å². The predicted octanol–water partition coefficient (Wildman–Crippen LogP) is 2.88. The van der Waals surface area contributed by atoms with Crippen LogP contribution in [0.15, 0.2) is 29.1 Å². The number of ether oxygens (including phenoxy) is 1. The van der Waals surface area contributed by atoms with Gasteiger partial charge in [-0.05, 0) is 30.7 Å². The second kappa shape index (κ2) is 5.26. The van der Waals surface area contributed by atoms with Crippen molar-refractivity contribution < 1.29 is 4.74 Å². The van der Waals surface area contributed by atoms with Gasteiger partial charge >= 0.3 is 0 Å². The fourth-order valence-corrected chi connectivity index (χ4v) is 1.94. The second-order valence-corrected chi connectivity index (χ2v) is 4.85. The van der Waals surface area contributed by atoms with E-state index in [1.807, 2.05) is 39.0 Å². The van der Waals surface area contributed by atoms with Gasteiger partial charge in [0.2, 0.25) is 0 Å². The van der Waals surface area contributed by atoms with E-state index in [-0.39, 0.29) is 11.5 Å². The number of nitrogens with zero attached hydrogens (tertiary/aromatic N) is 1. The molecule has 1 heterocycles. The Morgan fingerprint density at radius 2 is 2.00 bits per heavy atom. The summed E-state index contributed by atoms with van der Waals surface area (Å²) in [6.07, 6.45) is 0. The highest BCUT2D eigenvalue weighted by Crippen LogP contribution is 2.25. The predicted molar refractivity (Wildman–Crippen MR) is 75.7 cm³/mol. The minimum Gasteiger partial charge on any atom is -0.497 e. The van der Waals surface area contributed by atoms with Gasteiger partial charge in [-0.15, -0.1) is 0 Å². The molecule has 0 aliphatic heterocycles. The van der Waals surface area contributed by atoms with Crippen molar-refractivity contribution in [3.05, 3.63) is 46.0 Å². The van der Waals surface area contributed by atoms with Crippen molar-refractivity contribution in [2.75, 3.05) is 7.11 Å². The van der Waals surface area contributed by atoms with Crippen LogP contribution in [0.3, 0.4) is 0 Å². The molecule has 0 saturated heterocycles. The summed E-state index contributed by atoms with van der Waals surface area (Å²) in [5.41, 5.74) is 2.57. The largest absolute Gasteiger partial charge is 0.497 e. The van der Waals surface area contributed by atoms with Crippen LogP contribution in [0.2, 0.25) is 0 Å². The van der Waals surface area contributed by atoms with Crippen LogP contribution in [-0.2, 0) is 0 Å². The Bertz CT molecular complexity index is 645. The zero-order valence-electron chi connectivity index (χ0n) is 11.7. The van der Waals surface area contributed by atoms with Crippen molar-refractivity contribution in [1.29, 1.82) is 0 Å². The third-order valence-corrected chi connectivity index (χ3v) is 3.02. The maximum Gasteiger partial charge on any atom is 0.251 e. The Morgan fingerprint density at radius 1 is 1.26 bits per heavy atom. The topological polar surface area (TPSA) is 55.0 Å². The number of rotatable bonds is 3. The number of hydrogen-bond acceptors (Lipinski definition) is 3. The fraction of sp³-hybridized carbons (Fsp3) is 0.333. The number of aromatic nitrogens is 2. The van der Waals surface area contributed by atoms with E-state index in [9.17, 15) is 4.79 Å². The number of nitrogens with one attached hydrogen (secondary N) is 1. The Hall–Kier alpha value is -2.10. The van der Waals surface area contributed by atoms with Crippen molar-refractivity contribution in [1.82, 2.24) is 9.97 Å². The fourth-order valence-electron chi connectivity index (χ4n) is 1.94. The second-order valence-electron chi connectivity index (χ2n) is 4.85. The molecule has 0 amide bonds. The van der Waals surface area contributed by atoms with Crippen LogP contribution in [0.4, 0.5) is 0 Å². The molecule has 0 aliphatic rings. The number of benzene rings is 1. The highest BCUT2D eigenvalue weighted by atomic mass is 16.5. The van der Waals surface area contributed by atoms with Crippen molar-refractivity contribution in [2.24, 2.45) is 0 Å². The molecule has 2 aromatic rings. The van der Waals surface area contributed by atoms with Crippen LogP contribution in [0.1, 0.15) is 31.2 Å². The first kappa shape index (κ1) is 13.3. The summed E-state index contributed by atoms with van der Waals surface area (Å²) >= 11 is 0. The van der Waals surface area contributed by atoms with E-state index in [0.29, 0.717) is 11.5 Å². The third kappa shape index (κ3) is 2.84.